The summed E-state index contributed by atoms with van der Waals surface area (Å²) in [5.74, 6) is -0.321. The molecule has 2 heterocycles. The second-order valence-electron chi connectivity index (χ2n) is 4.28. The number of hydrogen-bond donors (Lipinski definition) is 0. The van der Waals surface area contributed by atoms with Gasteiger partial charge in [0.15, 0.2) is 0 Å². The lowest BCUT2D eigenvalue weighted by Gasteiger charge is -2.17. The summed E-state index contributed by atoms with van der Waals surface area (Å²) in [6.07, 6.45) is 1.72. The molecule has 0 bridgehead atoms. The smallest absolute Gasteiger partial charge is 0.320 e. The molecule has 0 amide bonds. The molecule has 102 valence electrons. The van der Waals surface area contributed by atoms with Gasteiger partial charge in [-0.1, -0.05) is 6.07 Å². The first kappa shape index (κ1) is 12.7. The average molecular weight is 295 g/mol. The number of benzene rings is 1. The highest BCUT2D eigenvalue weighted by molar-refractivity contribution is 6.28. The van der Waals surface area contributed by atoms with Crippen LogP contribution in [0.3, 0.4) is 0 Å². The Hall–Kier alpha value is -2.28. The predicted octanol–water partition coefficient (Wildman–Crippen LogP) is 2.87. The van der Waals surface area contributed by atoms with Crippen molar-refractivity contribution in [3.8, 4) is 0 Å². The Balaban J connectivity index is 2.14. The van der Waals surface area contributed by atoms with Gasteiger partial charge in [0.05, 0.1) is 4.92 Å². The summed E-state index contributed by atoms with van der Waals surface area (Å²) in [6, 6.07) is 4.37. The number of anilines is 2. The van der Waals surface area contributed by atoms with Crippen LogP contribution in [0, 0.1) is 15.9 Å². The highest BCUT2D eigenvalue weighted by Gasteiger charge is 2.29. The minimum atomic E-state index is -0.580. The maximum absolute atomic E-state index is 13.4. The first-order valence-electron chi connectivity index (χ1n) is 5.79. The molecule has 2 aromatic rings. The van der Waals surface area contributed by atoms with E-state index in [-0.39, 0.29) is 16.8 Å². The van der Waals surface area contributed by atoms with Crippen LogP contribution in [0.2, 0.25) is 5.28 Å². The van der Waals surface area contributed by atoms with Gasteiger partial charge in [-0.05, 0) is 35.7 Å². The Morgan fingerprint density at radius 1 is 1.45 bits per heavy atom. The molecule has 0 N–H and O–H groups in total. The molecule has 0 unspecified atom stereocenters. The molecule has 1 aliphatic heterocycles. The van der Waals surface area contributed by atoms with Crippen molar-refractivity contribution in [2.45, 2.75) is 6.42 Å². The van der Waals surface area contributed by atoms with Gasteiger partial charge in [-0.3, -0.25) is 10.1 Å². The lowest BCUT2D eigenvalue weighted by molar-refractivity contribution is -0.384. The third-order valence-electron chi connectivity index (χ3n) is 3.12. The third kappa shape index (κ3) is 2.05. The Bertz CT molecular complexity index is 710. The molecule has 0 spiro atoms. The molecule has 0 aliphatic carbocycles. The summed E-state index contributed by atoms with van der Waals surface area (Å²) >= 11 is 5.71. The summed E-state index contributed by atoms with van der Waals surface area (Å²) in [5.41, 5.74) is 1.23. The molecule has 6 nitrogen and oxygen atoms in total. The molecule has 1 aromatic carbocycles. The molecule has 1 aliphatic rings. The van der Waals surface area contributed by atoms with Crippen LogP contribution in [-0.4, -0.2) is 21.4 Å². The van der Waals surface area contributed by atoms with Crippen molar-refractivity contribution < 1.29 is 9.31 Å². The minimum Gasteiger partial charge on any atom is -0.320 e. The van der Waals surface area contributed by atoms with Gasteiger partial charge in [-0.15, -0.1) is 0 Å². The number of rotatable bonds is 2. The summed E-state index contributed by atoms with van der Waals surface area (Å²) in [7, 11) is 0. The van der Waals surface area contributed by atoms with Gasteiger partial charge < -0.3 is 4.90 Å². The van der Waals surface area contributed by atoms with Crippen LogP contribution in [0.1, 0.15) is 5.56 Å². The van der Waals surface area contributed by atoms with Crippen molar-refractivity contribution in [2.24, 2.45) is 0 Å². The van der Waals surface area contributed by atoms with E-state index >= 15 is 0 Å². The number of hydrogen-bond acceptors (Lipinski definition) is 5. The monoisotopic (exact) mass is 294 g/mol. The van der Waals surface area contributed by atoms with Gasteiger partial charge in [-0.25, -0.2) is 9.37 Å². The van der Waals surface area contributed by atoms with Gasteiger partial charge in [0.2, 0.25) is 11.1 Å². The van der Waals surface area contributed by atoms with Crippen LogP contribution < -0.4 is 4.90 Å². The second-order valence-corrected chi connectivity index (χ2v) is 4.62. The second kappa shape index (κ2) is 4.68. The van der Waals surface area contributed by atoms with E-state index in [1.165, 1.54) is 12.1 Å². The van der Waals surface area contributed by atoms with Gasteiger partial charge in [-0.2, -0.15) is 4.98 Å². The third-order valence-corrected chi connectivity index (χ3v) is 3.30. The summed E-state index contributed by atoms with van der Waals surface area (Å²) in [5, 5.41) is 11.0. The normalized spacial score (nSPS) is 13.4. The van der Waals surface area contributed by atoms with Gasteiger partial charge >= 0.3 is 5.69 Å². The number of aromatic nitrogens is 2. The van der Waals surface area contributed by atoms with Crippen molar-refractivity contribution >= 4 is 28.8 Å². The quantitative estimate of drug-likeness (QED) is 0.484. The van der Waals surface area contributed by atoms with Crippen molar-refractivity contribution in [3.05, 3.63) is 51.2 Å². The average Bonchev–Trinajstić information content (AvgIpc) is 2.81. The van der Waals surface area contributed by atoms with Gasteiger partial charge in [0.1, 0.15) is 12.0 Å². The molecule has 0 saturated heterocycles. The van der Waals surface area contributed by atoms with E-state index in [4.69, 9.17) is 11.6 Å². The van der Waals surface area contributed by atoms with Crippen molar-refractivity contribution in [1.29, 1.82) is 0 Å². The molecular weight excluding hydrogens is 287 g/mol. The van der Waals surface area contributed by atoms with Crippen LogP contribution in [0.15, 0.2) is 24.4 Å². The first-order chi connectivity index (χ1) is 9.56. The summed E-state index contributed by atoms with van der Waals surface area (Å²) in [6.45, 7) is 0.479. The van der Waals surface area contributed by atoms with Crippen LogP contribution in [0.4, 0.5) is 21.6 Å². The fourth-order valence-electron chi connectivity index (χ4n) is 2.25. The van der Waals surface area contributed by atoms with Gasteiger partial charge in [0.25, 0.3) is 0 Å². The molecule has 0 atom stereocenters. The Morgan fingerprint density at radius 3 is 3.00 bits per heavy atom. The highest BCUT2D eigenvalue weighted by atomic mass is 35.5. The zero-order valence-electron chi connectivity index (χ0n) is 10.1. The molecular formula is C12H8ClFN4O2. The standard InChI is InChI=1S/C12H8ClFN4O2/c13-12-15-6-10(18(19)20)11(16-12)17-4-3-7-1-2-8(14)5-9(7)17/h1-2,5-6H,3-4H2. The van der Waals surface area contributed by atoms with E-state index in [0.29, 0.717) is 18.7 Å². The van der Waals surface area contributed by atoms with E-state index in [2.05, 4.69) is 9.97 Å². The molecule has 1 aromatic heterocycles. The van der Waals surface area contributed by atoms with Crippen LogP contribution in [0.5, 0.6) is 0 Å². The maximum Gasteiger partial charge on any atom is 0.330 e. The Labute approximate surface area is 118 Å². The largest absolute Gasteiger partial charge is 0.330 e. The van der Waals surface area contributed by atoms with Crippen LogP contribution >= 0.6 is 11.6 Å². The Kier molecular flexibility index (Phi) is 2.98. The fourth-order valence-corrected chi connectivity index (χ4v) is 2.37. The fraction of sp³-hybridized carbons (Fsp3) is 0.167. The van der Waals surface area contributed by atoms with Crippen molar-refractivity contribution in [2.75, 3.05) is 11.4 Å². The molecule has 20 heavy (non-hydrogen) atoms. The van der Waals surface area contributed by atoms with Gasteiger partial charge in [0, 0.05) is 12.2 Å². The molecule has 0 saturated carbocycles. The first-order valence-corrected chi connectivity index (χ1v) is 6.17. The SMILES string of the molecule is O=[N+]([O-])c1cnc(Cl)nc1N1CCc2ccc(F)cc21. The number of fused-ring (bicyclic) bond motifs is 1. The van der Waals surface area contributed by atoms with E-state index in [0.717, 1.165) is 11.8 Å². The zero-order chi connectivity index (χ0) is 14.3. The number of nitrogens with zero attached hydrogens (tertiary/aromatic N) is 4. The molecule has 0 radical (unpaired) electrons. The predicted molar refractivity (Wildman–Crippen MR) is 70.8 cm³/mol. The van der Waals surface area contributed by atoms with Crippen LogP contribution in [-0.2, 0) is 6.42 Å². The molecule has 0 fully saturated rings. The minimum absolute atomic E-state index is 0.0827. The summed E-state index contributed by atoms with van der Waals surface area (Å²) < 4.78 is 13.4. The topological polar surface area (TPSA) is 72.2 Å². The maximum atomic E-state index is 13.4. The van der Waals surface area contributed by atoms with Crippen molar-refractivity contribution in [3.63, 3.8) is 0 Å². The van der Waals surface area contributed by atoms with E-state index < -0.39 is 10.7 Å². The van der Waals surface area contributed by atoms with E-state index in [1.807, 2.05) is 0 Å². The van der Waals surface area contributed by atoms with E-state index in [1.54, 1.807) is 11.0 Å². The molecule has 8 heteroatoms. The highest BCUT2D eigenvalue weighted by Crippen LogP contribution is 2.38. The lowest BCUT2D eigenvalue weighted by atomic mass is 10.2. The summed E-state index contributed by atoms with van der Waals surface area (Å²) in [4.78, 5) is 19.6. The van der Waals surface area contributed by atoms with Crippen molar-refractivity contribution in [1.82, 2.24) is 9.97 Å². The zero-order valence-corrected chi connectivity index (χ0v) is 10.8. The molecule has 3 rings (SSSR count). The Morgan fingerprint density at radius 2 is 2.25 bits per heavy atom. The van der Waals surface area contributed by atoms with Crippen LogP contribution in [0.25, 0.3) is 0 Å². The van der Waals surface area contributed by atoms with E-state index in [9.17, 15) is 14.5 Å². The lowest BCUT2D eigenvalue weighted by Crippen LogP contribution is -2.17. The number of halogens is 2. The number of nitro groups is 1.